The molecule has 8 heteroatoms. The van der Waals surface area contributed by atoms with Crippen LogP contribution in [0.1, 0.15) is 18.5 Å². The Morgan fingerprint density at radius 1 is 1.42 bits per heavy atom. The maximum atomic E-state index is 12.1. The van der Waals surface area contributed by atoms with Gasteiger partial charge >= 0.3 is 11.8 Å². The summed E-state index contributed by atoms with van der Waals surface area (Å²) in [4.78, 5) is 42.9. The number of nitrogens with zero attached hydrogens (tertiary/aromatic N) is 3. The van der Waals surface area contributed by atoms with Crippen LogP contribution in [0.5, 0.6) is 0 Å². The number of methoxy groups -OCH3 is 1. The van der Waals surface area contributed by atoms with E-state index in [9.17, 15) is 14.4 Å². The second-order valence-corrected chi connectivity index (χ2v) is 5.61. The fourth-order valence-electron chi connectivity index (χ4n) is 2.43. The number of aromatic nitrogens is 1. The fourth-order valence-corrected chi connectivity index (χ4v) is 2.43. The van der Waals surface area contributed by atoms with E-state index in [1.54, 1.807) is 30.2 Å². The first-order valence-corrected chi connectivity index (χ1v) is 7.80. The number of pyridine rings is 1. The minimum Gasteiger partial charge on any atom is -0.378 e. The zero-order chi connectivity index (χ0) is 17.5. The molecule has 1 saturated heterocycles. The summed E-state index contributed by atoms with van der Waals surface area (Å²) in [5.74, 6) is -1.03. The van der Waals surface area contributed by atoms with Gasteiger partial charge in [-0.2, -0.15) is 0 Å². The summed E-state index contributed by atoms with van der Waals surface area (Å²) >= 11 is 0. The third-order valence-electron chi connectivity index (χ3n) is 3.76. The number of carbonyl (C=O) groups is 3. The van der Waals surface area contributed by atoms with Crippen molar-refractivity contribution in [2.24, 2.45) is 0 Å². The highest BCUT2D eigenvalue weighted by Crippen LogP contribution is 2.09. The van der Waals surface area contributed by atoms with Crippen molar-refractivity contribution in [2.75, 3.05) is 39.1 Å². The molecule has 1 fully saturated rings. The fraction of sp³-hybridized carbons (Fsp3) is 0.500. The number of rotatable bonds is 6. The van der Waals surface area contributed by atoms with Gasteiger partial charge in [-0.15, -0.1) is 0 Å². The Balaban J connectivity index is 1.85. The first kappa shape index (κ1) is 17.9. The van der Waals surface area contributed by atoms with Gasteiger partial charge in [0, 0.05) is 40.2 Å². The third-order valence-corrected chi connectivity index (χ3v) is 3.76. The zero-order valence-corrected chi connectivity index (χ0v) is 13.9. The molecule has 24 heavy (non-hydrogen) atoms. The largest absolute Gasteiger partial charge is 0.378 e. The molecule has 0 bridgehead atoms. The maximum absolute atomic E-state index is 12.1. The molecule has 130 valence electrons. The minimum absolute atomic E-state index is 0.0967. The molecular weight excluding hydrogens is 312 g/mol. The monoisotopic (exact) mass is 334 g/mol. The lowest BCUT2D eigenvalue weighted by Crippen LogP contribution is -2.41. The highest BCUT2D eigenvalue weighted by atomic mass is 16.5. The highest BCUT2D eigenvalue weighted by Gasteiger charge is 2.23. The second kappa shape index (κ2) is 8.39. The van der Waals surface area contributed by atoms with Crippen molar-refractivity contribution in [3.63, 3.8) is 0 Å². The lowest BCUT2D eigenvalue weighted by Gasteiger charge is -2.21. The number of hydrogen-bond acceptors (Lipinski definition) is 5. The van der Waals surface area contributed by atoms with Crippen molar-refractivity contribution >= 4 is 23.5 Å². The quantitative estimate of drug-likeness (QED) is 0.753. The van der Waals surface area contributed by atoms with Gasteiger partial charge in [0.15, 0.2) is 0 Å². The molecule has 8 nitrogen and oxygen atoms in total. The molecule has 0 aliphatic carbocycles. The Kier molecular flexibility index (Phi) is 6.25. The van der Waals surface area contributed by atoms with Crippen molar-refractivity contribution in [3.05, 3.63) is 23.9 Å². The summed E-state index contributed by atoms with van der Waals surface area (Å²) in [6.07, 6.45) is 1.40. The molecule has 1 aromatic rings. The van der Waals surface area contributed by atoms with Gasteiger partial charge in [0.2, 0.25) is 5.91 Å². The molecule has 1 aliphatic heterocycles. The molecule has 1 aromatic heterocycles. The lowest BCUT2D eigenvalue weighted by molar-refractivity contribution is -0.142. The standard InChI is InChI=1S/C16H22N4O4/c1-19(9-10-20-8-4-7-14(20)21)16(23)15(22)18-13-6-3-5-12(17-13)11-24-2/h3,5-6H,4,7-11H2,1-2H3,(H,17,18,22). The first-order chi connectivity index (χ1) is 11.5. The Hall–Kier alpha value is -2.48. The van der Waals surface area contributed by atoms with Crippen LogP contribution in [0.3, 0.4) is 0 Å². The molecule has 0 aromatic carbocycles. The average molecular weight is 334 g/mol. The number of anilines is 1. The Morgan fingerprint density at radius 2 is 2.21 bits per heavy atom. The van der Waals surface area contributed by atoms with Gasteiger partial charge in [-0.05, 0) is 18.6 Å². The van der Waals surface area contributed by atoms with Crippen molar-refractivity contribution in [1.29, 1.82) is 0 Å². The van der Waals surface area contributed by atoms with Gasteiger partial charge in [0.1, 0.15) is 5.82 Å². The number of amides is 3. The molecule has 1 N–H and O–H groups in total. The molecule has 3 amide bonds. The van der Waals surface area contributed by atoms with Gasteiger partial charge in [-0.3, -0.25) is 14.4 Å². The van der Waals surface area contributed by atoms with Crippen molar-refractivity contribution in [1.82, 2.24) is 14.8 Å². The van der Waals surface area contributed by atoms with Crippen LogP contribution in [0, 0.1) is 0 Å². The predicted octanol–water partition coefficient (Wildman–Crippen LogP) is 0.247. The second-order valence-electron chi connectivity index (χ2n) is 5.61. The molecule has 2 rings (SSSR count). The van der Waals surface area contributed by atoms with E-state index in [1.807, 2.05) is 0 Å². The number of likely N-dealkylation sites (tertiary alicyclic amines) is 1. The van der Waals surface area contributed by atoms with Crippen LogP contribution < -0.4 is 5.32 Å². The summed E-state index contributed by atoms with van der Waals surface area (Å²) in [5, 5.41) is 2.48. The van der Waals surface area contributed by atoms with Crippen LogP contribution in [0.15, 0.2) is 18.2 Å². The predicted molar refractivity (Wildman–Crippen MR) is 87.0 cm³/mol. The van der Waals surface area contributed by atoms with E-state index in [2.05, 4.69) is 10.3 Å². The van der Waals surface area contributed by atoms with E-state index in [0.717, 1.165) is 6.42 Å². The van der Waals surface area contributed by atoms with E-state index >= 15 is 0 Å². The maximum Gasteiger partial charge on any atom is 0.315 e. The number of hydrogen-bond donors (Lipinski definition) is 1. The normalized spacial score (nSPS) is 13.9. The smallest absolute Gasteiger partial charge is 0.315 e. The van der Waals surface area contributed by atoms with Crippen LogP contribution >= 0.6 is 0 Å². The third kappa shape index (κ3) is 4.76. The SMILES string of the molecule is COCc1cccc(NC(=O)C(=O)N(C)CCN2CCCC2=O)n1. The Bertz CT molecular complexity index is 620. The van der Waals surface area contributed by atoms with Crippen molar-refractivity contribution in [3.8, 4) is 0 Å². The average Bonchev–Trinajstić information content (AvgIpc) is 2.97. The summed E-state index contributed by atoms with van der Waals surface area (Å²) in [6.45, 7) is 1.79. The van der Waals surface area contributed by atoms with E-state index in [4.69, 9.17) is 4.74 Å². The summed E-state index contributed by atoms with van der Waals surface area (Å²) in [5.41, 5.74) is 0.656. The van der Waals surface area contributed by atoms with Gasteiger partial charge in [-0.1, -0.05) is 6.07 Å². The summed E-state index contributed by atoms with van der Waals surface area (Å²) in [6, 6.07) is 5.09. The van der Waals surface area contributed by atoms with E-state index < -0.39 is 11.8 Å². The summed E-state index contributed by atoms with van der Waals surface area (Å²) in [7, 11) is 3.09. The Labute approximate surface area is 140 Å². The number of ether oxygens (including phenoxy) is 1. The zero-order valence-electron chi connectivity index (χ0n) is 13.9. The lowest BCUT2D eigenvalue weighted by atomic mass is 10.3. The number of carbonyl (C=O) groups excluding carboxylic acids is 3. The highest BCUT2D eigenvalue weighted by molar-refractivity contribution is 6.39. The minimum atomic E-state index is -0.757. The molecule has 0 atom stereocenters. The van der Waals surface area contributed by atoms with Crippen molar-refractivity contribution in [2.45, 2.75) is 19.4 Å². The molecule has 0 saturated carbocycles. The topological polar surface area (TPSA) is 91.8 Å². The van der Waals surface area contributed by atoms with Gasteiger partial charge in [-0.25, -0.2) is 4.98 Å². The first-order valence-electron chi connectivity index (χ1n) is 7.80. The molecule has 1 aliphatic rings. The number of nitrogens with one attached hydrogen (secondary N) is 1. The van der Waals surface area contributed by atoms with Gasteiger partial charge in [0.25, 0.3) is 0 Å². The van der Waals surface area contributed by atoms with Crippen LogP contribution in [0.2, 0.25) is 0 Å². The summed E-state index contributed by atoms with van der Waals surface area (Å²) < 4.78 is 4.98. The van der Waals surface area contributed by atoms with Crippen LogP contribution in [-0.4, -0.2) is 66.3 Å². The molecule has 0 unspecified atom stereocenters. The van der Waals surface area contributed by atoms with Gasteiger partial charge < -0.3 is 19.9 Å². The van der Waals surface area contributed by atoms with Crippen LogP contribution in [-0.2, 0) is 25.7 Å². The van der Waals surface area contributed by atoms with Crippen LogP contribution in [0.4, 0.5) is 5.82 Å². The molecule has 0 spiro atoms. The van der Waals surface area contributed by atoms with E-state index in [1.165, 1.54) is 11.9 Å². The van der Waals surface area contributed by atoms with E-state index in [-0.39, 0.29) is 5.91 Å². The van der Waals surface area contributed by atoms with Crippen LogP contribution in [0.25, 0.3) is 0 Å². The number of likely N-dealkylation sites (N-methyl/N-ethyl adjacent to an activating group) is 1. The molecule has 0 radical (unpaired) electrons. The Morgan fingerprint density at radius 3 is 2.88 bits per heavy atom. The van der Waals surface area contributed by atoms with Gasteiger partial charge in [0.05, 0.1) is 12.3 Å². The molecule has 2 heterocycles. The van der Waals surface area contributed by atoms with E-state index in [0.29, 0.717) is 44.2 Å². The molecular formula is C16H22N4O4. The van der Waals surface area contributed by atoms with Crippen molar-refractivity contribution < 1.29 is 19.1 Å².